The van der Waals surface area contributed by atoms with Crippen LogP contribution in [0.15, 0.2) is 36.4 Å². The molecule has 2 bridgehead atoms. The van der Waals surface area contributed by atoms with Crippen LogP contribution in [0.2, 0.25) is 0 Å². The first-order chi connectivity index (χ1) is 10.6. The monoisotopic (exact) mass is 296 g/mol. The Bertz CT molecular complexity index is 766. The molecular weight excluding hydrogens is 284 g/mol. The van der Waals surface area contributed by atoms with Gasteiger partial charge in [0, 0.05) is 0 Å². The van der Waals surface area contributed by atoms with Crippen LogP contribution in [0.3, 0.4) is 0 Å². The number of benzene rings is 1. The molecule has 3 heterocycles. The molecule has 2 unspecified atom stereocenters. The Morgan fingerprint density at radius 2 is 2.09 bits per heavy atom. The second-order valence-corrected chi connectivity index (χ2v) is 5.70. The van der Waals surface area contributed by atoms with Crippen molar-refractivity contribution in [1.29, 1.82) is 5.26 Å². The Balaban J connectivity index is 1.82. The quantitative estimate of drug-likeness (QED) is 0.628. The molecule has 6 heteroatoms. The lowest BCUT2D eigenvalue weighted by molar-refractivity contribution is -0.128. The number of nitriles is 1. The van der Waals surface area contributed by atoms with Crippen LogP contribution in [0.1, 0.15) is 5.56 Å². The molecule has 0 aliphatic carbocycles. The highest BCUT2D eigenvalue weighted by Gasteiger charge is 2.67. The number of hydrogen-bond acceptors (Lipinski definition) is 5. The van der Waals surface area contributed by atoms with Gasteiger partial charge in [0.15, 0.2) is 0 Å². The Labute approximate surface area is 126 Å². The van der Waals surface area contributed by atoms with E-state index in [4.69, 9.17) is 4.74 Å². The third-order valence-corrected chi connectivity index (χ3v) is 4.67. The predicted molar refractivity (Wildman–Crippen MR) is 74.5 cm³/mol. The maximum Gasteiger partial charge on any atom is 0.241 e. The van der Waals surface area contributed by atoms with Crippen molar-refractivity contribution in [2.24, 2.45) is 11.8 Å². The third kappa shape index (κ3) is 1.39. The van der Waals surface area contributed by atoms with Crippen molar-refractivity contribution in [1.82, 2.24) is 0 Å². The zero-order valence-corrected chi connectivity index (χ0v) is 11.5. The van der Waals surface area contributed by atoms with Gasteiger partial charge in [-0.1, -0.05) is 24.3 Å². The molecule has 3 aliphatic heterocycles. The number of aliphatic hydroxyl groups is 1. The number of carbonyl (C=O) groups excluding carboxylic acids is 2. The number of carbonyl (C=O) groups is 2. The number of amides is 2. The summed E-state index contributed by atoms with van der Waals surface area (Å²) in [4.78, 5) is 26.6. The molecule has 22 heavy (non-hydrogen) atoms. The van der Waals surface area contributed by atoms with Gasteiger partial charge in [-0.15, -0.1) is 0 Å². The summed E-state index contributed by atoms with van der Waals surface area (Å²) >= 11 is 0. The first-order valence-electron chi connectivity index (χ1n) is 6.98. The molecule has 1 aromatic carbocycles. The minimum Gasteiger partial charge on any atom is -0.393 e. The van der Waals surface area contributed by atoms with Crippen molar-refractivity contribution in [3.8, 4) is 6.07 Å². The van der Waals surface area contributed by atoms with Gasteiger partial charge in [0.25, 0.3) is 0 Å². The molecule has 2 amide bonds. The van der Waals surface area contributed by atoms with Gasteiger partial charge in [0.1, 0.15) is 11.7 Å². The summed E-state index contributed by atoms with van der Waals surface area (Å²) in [6.45, 7) is -0.353. The van der Waals surface area contributed by atoms with E-state index in [0.29, 0.717) is 5.69 Å². The summed E-state index contributed by atoms with van der Waals surface area (Å²) in [6, 6.07) is 8.50. The van der Waals surface area contributed by atoms with Gasteiger partial charge in [-0.25, -0.2) is 4.90 Å². The molecule has 1 aromatic rings. The van der Waals surface area contributed by atoms with E-state index in [1.54, 1.807) is 36.4 Å². The zero-order valence-electron chi connectivity index (χ0n) is 11.5. The minimum absolute atomic E-state index is 0.267. The normalized spacial score (nSPS) is 35.1. The lowest BCUT2D eigenvalue weighted by Crippen LogP contribution is -2.43. The Kier molecular flexibility index (Phi) is 2.55. The maximum absolute atomic E-state index is 12.8. The van der Waals surface area contributed by atoms with Crippen molar-refractivity contribution >= 4 is 17.5 Å². The van der Waals surface area contributed by atoms with E-state index < -0.39 is 29.4 Å². The molecule has 0 aromatic heterocycles. The van der Waals surface area contributed by atoms with Gasteiger partial charge in [-0.2, -0.15) is 5.26 Å². The van der Waals surface area contributed by atoms with Gasteiger partial charge in [0.05, 0.1) is 35.8 Å². The maximum atomic E-state index is 12.8. The average molecular weight is 296 g/mol. The highest BCUT2D eigenvalue weighted by molar-refractivity contribution is 6.23. The summed E-state index contributed by atoms with van der Waals surface area (Å²) in [5.41, 5.74) is -0.552. The molecule has 0 saturated carbocycles. The fourth-order valence-corrected chi connectivity index (χ4v) is 3.68. The average Bonchev–Trinajstić information content (AvgIpc) is 3.18. The van der Waals surface area contributed by atoms with Crippen LogP contribution in [0.25, 0.3) is 0 Å². The SMILES string of the molecule is N#Cc1ccccc1N1C(=O)C2C(C1=O)[C@]1(CO)C=C[C@H]2O1. The molecule has 2 saturated heterocycles. The summed E-state index contributed by atoms with van der Waals surface area (Å²) in [5, 5.41) is 18.8. The first-order valence-corrected chi connectivity index (χ1v) is 6.98. The molecule has 3 aliphatic rings. The number of rotatable bonds is 2. The van der Waals surface area contributed by atoms with Gasteiger partial charge < -0.3 is 9.84 Å². The van der Waals surface area contributed by atoms with Crippen molar-refractivity contribution in [2.45, 2.75) is 11.7 Å². The second kappa shape index (κ2) is 4.26. The van der Waals surface area contributed by atoms with E-state index in [1.807, 2.05) is 6.07 Å². The molecule has 0 radical (unpaired) electrons. The van der Waals surface area contributed by atoms with Crippen LogP contribution in [0.4, 0.5) is 5.69 Å². The Morgan fingerprint density at radius 3 is 2.82 bits per heavy atom. The van der Waals surface area contributed by atoms with Crippen molar-refractivity contribution in [2.75, 3.05) is 11.5 Å². The topological polar surface area (TPSA) is 90.6 Å². The van der Waals surface area contributed by atoms with Crippen LogP contribution in [0.5, 0.6) is 0 Å². The highest BCUT2D eigenvalue weighted by atomic mass is 16.5. The van der Waals surface area contributed by atoms with Crippen LogP contribution in [0, 0.1) is 23.2 Å². The lowest BCUT2D eigenvalue weighted by atomic mass is 9.77. The Hall–Kier alpha value is -2.49. The van der Waals surface area contributed by atoms with E-state index in [2.05, 4.69) is 0 Å². The van der Waals surface area contributed by atoms with Gasteiger partial charge in [-0.3, -0.25) is 9.59 Å². The van der Waals surface area contributed by atoms with Crippen LogP contribution in [-0.4, -0.2) is 35.2 Å². The van der Waals surface area contributed by atoms with E-state index in [1.165, 1.54) is 0 Å². The van der Waals surface area contributed by atoms with Crippen molar-refractivity contribution in [3.05, 3.63) is 42.0 Å². The van der Waals surface area contributed by atoms with Crippen LogP contribution >= 0.6 is 0 Å². The summed E-state index contributed by atoms with van der Waals surface area (Å²) in [6.07, 6.45) is 2.90. The second-order valence-electron chi connectivity index (χ2n) is 5.70. The highest BCUT2D eigenvalue weighted by Crippen LogP contribution is 2.52. The number of anilines is 1. The number of hydrogen-bond donors (Lipinski definition) is 1. The molecule has 4 atom stereocenters. The molecule has 6 nitrogen and oxygen atoms in total. The fraction of sp³-hybridized carbons (Fsp3) is 0.312. The van der Waals surface area contributed by atoms with E-state index in [0.717, 1.165) is 4.90 Å². The number of fused-ring (bicyclic) bond motifs is 5. The summed E-state index contributed by atoms with van der Waals surface area (Å²) in [7, 11) is 0. The summed E-state index contributed by atoms with van der Waals surface area (Å²) in [5.74, 6) is -2.15. The van der Waals surface area contributed by atoms with E-state index >= 15 is 0 Å². The molecule has 2 fully saturated rings. The van der Waals surface area contributed by atoms with Crippen molar-refractivity contribution < 1.29 is 19.4 Å². The number of para-hydroxylation sites is 1. The number of aliphatic hydroxyl groups excluding tert-OH is 1. The van der Waals surface area contributed by atoms with Gasteiger partial charge >= 0.3 is 0 Å². The van der Waals surface area contributed by atoms with Crippen LogP contribution in [-0.2, 0) is 14.3 Å². The Morgan fingerprint density at radius 1 is 1.32 bits per heavy atom. The smallest absolute Gasteiger partial charge is 0.241 e. The number of nitrogens with zero attached hydrogens (tertiary/aromatic N) is 2. The van der Waals surface area contributed by atoms with Crippen molar-refractivity contribution in [3.63, 3.8) is 0 Å². The standard InChI is InChI=1S/C16H12N2O4/c17-7-9-3-1-2-4-10(9)18-14(20)12-11-5-6-16(8-19,22-11)13(12)15(18)21/h1-6,11-13,19H,8H2/t11-,12?,13?,16-/m1/s1. The van der Waals surface area contributed by atoms with Crippen LogP contribution < -0.4 is 4.90 Å². The zero-order chi connectivity index (χ0) is 15.5. The number of ether oxygens (including phenoxy) is 1. The molecule has 4 rings (SSSR count). The third-order valence-electron chi connectivity index (χ3n) is 4.67. The predicted octanol–water partition coefficient (Wildman–Crippen LogP) is 0.364. The molecule has 0 spiro atoms. The fourth-order valence-electron chi connectivity index (χ4n) is 3.68. The molecule has 110 valence electrons. The van der Waals surface area contributed by atoms with Gasteiger partial charge in [0.2, 0.25) is 11.8 Å². The molecule has 1 N–H and O–H groups in total. The largest absolute Gasteiger partial charge is 0.393 e. The minimum atomic E-state index is -1.11. The molecular formula is C16H12N2O4. The lowest BCUT2D eigenvalue weighted by Gasteiger charge is -2.26. The summed E-state index contributed by atoms with van der Waals surface area (Å²) < 4.78 is 5.66. The van der Waals surface area contributed by atoms with E-state index in [9.17, 15) is 20.0 Å². The first kappa shape index (κ1) is 13.2. The number of imide groups is 1. The van der Waals surface area contributed by atoms with Gasteiger partial charge in [-0.05, 0) is 12.1 Å². The van der Waals surface area contributed by atoms with E-state index in [-0.39, 0.29) is 18.1 Å².